The Balaban J connectivity index is 2.05. The lowest BCUT2D eigenvalue weighted by molar-refractivity contribution is 0.00578. The molecule has 0 aliphatic carbocycles. The fraction of sp³-hybridized carbons (Fsp3) is 0.500. The van der Waals surface area contributed by atoms with Gasteiger partial charge in [-0.1, -0.05) is 0 Å². The summed E-state index contributed by atoms with van der Waals surface area (Å²) in [5, 5.41) is 4.19. The van der Waals surface area contributed by atoms with E-state index in [2.05, 4.69) is 10.1 Å². The van der Waals surface area contributed by atoms with Gasteiger partial charge in [0, 0.05) is 24.1 Å². The van der Waals surface area contributed by atoms with E-state index in [0.717, 1.165) is 11.1 Å². The molecular weight excluding hydrogens is 229 g/mol. The molecular formula is C12H16BN3O2. The smallest absolute Gasteiger partial charge is 0.399 e. The van der Waals surface area contributed by atoms with Crippen LogP contribution in [-0.2, 0) is 9.31 Å². The van der Waals surface area contributed by atoms with Gasteiger partial charge in [0.1, 0.15) is 0 Å². The SMILES string of the molecule is CC1(C)OB(c2ccnn3ccnc23)OC1(C)C. The second kappa shape index (κ2) is 3.55. The number of aromatic nitrogens is 3. The van der Waals surface area contributed by atoms with E-state index in [-0.39, 0.29) is 11.2 Å². The molecule has 0 bridgehead atoms. The van der Waals surface area contributed by atoms with E-state index in [1.165, 1.54) is 0 Å². The van der Waals surface area contributed by atoms with E-state index in [1.54, 1.807) is 16.9 Å². The zero-order chi connectivity index (χ0) is 13.0. The van der Waals surface area contributed by atoms with Gasteiger partial charge in [-0.2, -0.15) is 5.10 Å². The minimum Gasteiger partial charge on any atom is -0.399 e. The third-order valence-corrected chi connectivity index (χ3v) is 3.83. The Kier molecular flexibility index (Phi) is 2.31. The number of fused-ring (bicyclic) bond motifs is 1. The molecule has 0 aromatic carbocycles. The predicted molar refractivity (Wildman–Crippen MR) is 68.7 cm³/mol. The van der Waals surface area contributed by atoms with Crippen molar-refractivity contribution in [2.45, 2.75) is 38.9 Å². The van der Waals surface area contributed by atoms with Crippen LogP contribution in [0.25, 0.3) is 5.65 Å². The van der Waals surface area contributed by atoms with Gasteiger partial charge in [-0.05, 0) is 33.8 Å². The predicted octanol–water partition coefficient (Wildman–Crippen LogP) is 1.03. The van der Waals surface area contributed by atoms with Crippen LogP contribution >= 0.6 is 0 Å². The fourth-order valence-electron chi connectivity index (χ4n) is 2.01. The maximum absolute atomic E-state index is 6.02. The van der Waals surface area contributed by atoms with Crippen LogP contribution < -0.4 is 5.46 Å². The normalized spacial score (nSPS) is 21.7. The van der Waals surface area contributed by atoms with Gasteiger partial charge in [0.15, 0.2) is 5.65 Å². The quantitative estimate of drug-likeness (QED) is 0.704. The van der Waals surface area contributed by atoms with Gasteiger partial charge in [-0.3, -0.25) is 0 Å². The number of hydrogen-bond donors (Lipinski definition) is 0. The Morgan fingerprint density at radius 1 is 1.11 bits per heavy atom. The average Bonchev–Trinajstić information content (AvgIpc) is 2.81. The van der Waals surface area contributed by atoms with Gasteiger partial charge < -0.3 is 9.31 Å². The zero-order valence-electron chi connectivity index (χ0n) is 11.0. The number of rotatable bonds is 1. The molecule has 0 radical (unpaired) electrons. The molecule has 94 valence electrons. The molecule has 6 heteroatoms. The van der Waals surface area contributed by atoms with E-state index < -0.39 is 7.12 Å². The lowest BCUT2D eigenvalue weighted by atomic mass is 9.80. The molecule has 2 aromatic rings. The van der Waals surface area contributed by atoms with Gasteiger partial charge in [-0.15, -0.1) is 0 Å². The average molecular weight is 245 g/mol. The highest BCUT2D eigenvalue weighted by molar-refractivity contribution is 6.64. The van der Waals surface area contributed by atoms with E-state index in [4.69, 9.17) is 9.31 Å². The molecule has 1 saturated heterocycles. The minimum absolute atomic E-state index is 0.343. The maximum atomic E-state index is 6.02. The van der Waals surface area contributed by atoms with Gasteiger partial charge in [0.2, 0.25) is 0 Å². The summed E-state index contributed by atoms with van der Waals surface area (Å²) in [6.07, 6.45) is 5.26. The van der Waals surface area contributed by atoms with Crippen molar-refractivity contribution in [2.24, 2.45) is 0 Å². The Labute approximate surface area is 106 Å². The number of hydrogen-bond acceptors (Lipinski definition) is 4. The summed E-state index contributed by atoms with van der Waals surface area (Å²) >= 11 is 0. The fourth-order valence-corrected chi connectivity index (χ4v) is 2.01. The summed E-state index contributed by atoms with van der Waals surface area (Å²) < 4.78 is 13.8. The van der Waals surface area contributed by atoms with Crippen molar-refractivity contribution in [3.63, 3.8) is 0 Å². The van der Waals surface area contributed by atoms with Crippen molar-refractivity contribution < 1.29 is 9.31 Å². The molecule has 5 nitrogen and oxygen atoms in total. The van der Waals surface area contributed by atoms with Gasteiger partial charge >= 0.3 is 7.12 Å². The first-order chi connectivity index (χ1) is 8.41. The van der Waals surface area contributed by atoms with Crippen LogP contribution in [0.2, 0.25) is 0 Å². The summed E-state index contributed by atoms with van der Waals surface area (Å²) in [4.78, 5) is 4.30. The lowest BCUT2D eigenvalue weighted by Gasteiger charge is -2.32. The monoisotopic (exact) mass is 245 g/mol. The van der Waals surface area contributed by atoms with E-state index in [1.807, 2.05) is 40.0 Å². The molecule has 0 unspecified atom stereocenters. The Morgan fingerprint density at radius 2 is 1.78 bits per heavy atom. The van der Waals surface area contributed by atoms with Crippen molar-refractivity contribution >= 4 is 18.2 Å². The van der Waals surface area contributed by atoms with E-state index >= 15 is 0 Å². The Hall–Kier alpha value is -1.40. The van der Waals surface area contributed by atoms with Crippen molar-refractivity contribution in [1.29, 1.82) is 0 Å². The van der Waals surface area contributed by atoms with Crippen LogP contribution in [0.4, 0.5) is 0 Å². The van der Waals surface area contributed by atoms with Crippen molar-refractivity contribution in [1.82, 2.24) is 14.6 Å². The van der Waals surface area contributed by atoms with Crippen molar-refractivity contribution in [3.05, 3.63) is 24.7 Å². The molecule has 18 heavy (non-hydrogen) atoms. The van der Waals surface area contributed by atoms with Crippen molar-refractivity contribution in [3.8, 4) is 0 Å². The van der Waals surface area contributed by atoms with E-state index in [0.29, 0.717) is 0 Å². The highest BCUT2D eigenvalue weighted by atomic mass is 16.7. The highest BCUT2D eigenvalue weighted by Crippen LogP contribution is 2.36. The molecule has 0 amide bonds. The maximum Gasteiger partial charge on any atom is 0.498 e. The summed E-state index contributed by atoms with van der Waals surface area (Å²) in [5.41, 5.74) is 0.999. The first kappa shape index (κ1) is 11.7. The molecule has 0 atom stereocenters. The zero-order valence-corrected chi connectivity index (χ0v) is 11.0. The third-order valence-electron chi connectivity index (χ3n) is 3.83. The van der Waals surface area contributed by atoms with Crippen LogP contribution in [-0.4, -0.2) is 32.9 Å². The van der Waals surface area contributed by atoms with Crippen LogP contribution in [0.1, 0.15) is 27.7 Å². The highest BCUT2D eigenvalue weighted by Gasteiger charge is 2.52. The van der Waals surface area contributed by atoms with Crippen molar-refractivity contribution in [2.75, 3.05) is 0 Å². The molecule has 2 aromatic heterocycles. The molecule has 0 saturated carbocycles. The molecule has 1 aliphatic rings. The molecule has 0 spiro atoms. The van der Waals surface area contributed by atoms with E-state index in [9.17, 15) is 0 Å². The molecule has 1 fully saturated rings. The second-order valence-electron chi connectivity index (χ2n) is 5.57. The summed E-state index contributed by atoms with van der Waals surface area (Å²) in [6.45, 7) is 8.15. The number of nitrogens with zero attached hydrogens (tertiary/aromatic N) is 3. The first-order valence-electron chi connectivity index (χ1n) is 6.05. The first-order valence-corrected chi connectivity index (χ1v) is 6.05. The summed E-state index contributed by atoms with van der Waals surface area (Å²) in [6, 6.07) is 1.89. The molecule has 3 heterocycles. The summed E-state index contributed by atoms with van der Waals surface area (Å²) in [7, 11) is -0.400. The van der Waals surface area contributed by atoms with Crippen LogP contribution in [0.15, 0.2) is 24.7 Å². The minimum atomic E-state index is -0.400. The standard InChI is InChI=1S/C12H16BN3O2/c1-11(2)12(3,4)18-13(17-11)9-5-6-15-16-8-7-14-10(9)16/h5-8H,1-4H3. The Bertz CT molecular complexity index is 578. The van der Waals surface area contributed by atoms with Crippen LogP contribution in [0.3, 0.4) is 0 Å². The van der Waals surface area contributed by atoms with Gasteiger partial charge in [-0.25, -0.2) is 9.50 Å². The van der Waals surface area contributed by atoms with Crippen LogP contribution in [0, 0.1) is 0 Å². The largest absolute Gasteiger partial charge is 0.498 e. The summed E-state index contributed by atoms with van der Waals surface area (Å²) in [5.74, 6) is 0. The Morgan fingerprint density at radius 3 is 2.44 bits per heavy atom. The third kappa shape index (κ3) is 1.56. The topological polar surface area (TPSA) is 48.7 Å². The van der Waals surface area contributed by atoms with Gasteiger partial charge in [0.05, 0.1) is 11.2 Å². The molecule has 0 N–H and O–H groups in total. The number of imidazole rings is 1. The molecule has 1 aliphatic heterocycles. The lowest BCUT2D eigenvalue weighted by Crippen LogP contribution is -2.41. The second-order valence-corrected chi connectivity index (χ2v) is 5.57. The van der Waals surface area contributed by atoms with Crippen LogP contribution in [0.5, 0.6) is 0 Å². The van der Waals surface area contributed by atoms with Gasteiger partial charge in [0.25, 0.3) is 0 Å². The molecule has 3 rings (SSSR count).